The summed E-state index contributed by atoms with van der Waals surface area (Å²) in [6.07, 6.45) is 1.93. The Bertz CT molecular complexity index is 136. The molecule has 0 aromatic rings. The van der Waals surface area contributed by atoms with E-state index in [1.54, 1.807) is 0 Å². The average Bonchev–Trinajstić information content (AvgIpc) is 2.40. The largest absolute Gasteiger partial charge is 0.393 e. The topological polar surface area (TPSA) is 55.5 Å². The van der Waals surface area contributed by atoms with Crippen LogP contribution in [0.2, 0.25) is 0 Å². The van der Waals surface area contributed by atoms with Crippen LogP contribution in [0.1, 0.15) is 12.8 Å². The number of hydrogen-bond acceptors (Lipinski definition) is 3. The fourth-order valence-corrected chi connectivity index (χ4v) is 2.19. The minimum absolute atomic E-state index is 0.161. The third-order valence-corrected chi connectivity index (χ3v) is 2.80. The third kappa shape index (κ3) is 0.603. The van der Waals surface area contributed by atoms with E-state index in [1.807, 2.05) is 0 Å². The Morgan fingerprint density at radius 2 is 2.20 bits per heavy atom. The summed E-state index contributed by atoms with van der Waals surface area (Å²) in [5.74, 6) is 0. The molecule has 1 aliphatic carbocycles. The zero-order valence-corrected chi connectivity index (χ0v) is 5.97. The van der Waals surface area contributed by atoms with E-state index in [-0.39, 0.29) is 17.6 Å². The SMILES string of the molecule is NCC12COC(CO)(C1)C2. The minimum atomic E-state index is -0.181. The van der Waals surface area contributed by atoms with Gasteiger partial charge in [0.25, 0.3) is 0 Å². The molecule has 3 rings (SSSR count). The van der Waals surface area contributed by atoms with Crippen LogP contribution in [0.4, 0.5) is 0 Å². The second kappa shape index (κ2) is 1.72. The Kier molecular flexibility index (Phi) is 1.14. The van der Waals surface area contributed by atoms with Crippen LogP contribution in [0.25, 0.3) is 0 Å². The molecule has 0 spiro atoms. The summed E-state index contributed by atoms with van der Waals surface area (Å²) in [6, 6.07) is 0. The first-order chi connectivity index (χ1) is 4.74. The fraction of sp³-hybridized carbons (Fsp3) is 1.00. The molecule has 2 bridgehead atoms. The van der Waals surface area contributed by atoms with Gasteiger partial charge in [0.15, 0.2) is 0 Å². The summed E-state index contributed by atoms with van der Waals surface area (Å²) < 4.78 is 5.43. The summed E-state index contributed by atoms with van der Waals surface area (Å²) in [5.41, 5.74) is 5.62. The van der Waals surface area contributed by atoms with Gasteiger partial charge in [0.2, 0.25) is 0 Å². The number of aliphatic hydroxyl groups excluding tert-OH is 1. The molecule has 0 aromatic heterocycles. The lowest BCUT2D eigenvalue weighted by Crippen LogP contribution is -2.50. The number of hydrogen-bond donors (Lipinski definition) is 2. The summed E-state index contributed by atoms with van der Waals surface area (Å²) in [5, 5.41) is 8.91. The van der Waals surface area contributed by atoms with Crippen LogP contribution in [0.15, 0.2) is 0 Å². The molecule has 10 heavy (non-hydrogen) atoms. The van der Waals surface area contributed by atoms with Crippen LogP contribution in [-0.2, 0) is 4.74 Å². The third-order valence-electron chi connectivity index (χ3n) is 2.80. The monoisotopic (exact) mass is 143 g/mol. The van der Waals surface area contributed by atoms with Crippen molar-refractivity contribution < 1.29 is 9.84 Å². The maximum Gasteiger partial charge on any atom is 0.0925 e. The normalized spacial score (nSPS) is 51.0. The predicted octanol–water partition coefficient (Wildman–Crippen LogP) is -0.513. The van der Waals surface area contributed by atoms with Crippen LogP contribution in [-0.4, -0.2) is 30.5 Å². The molecule has 3 heteroatoms. The first-order valence-corrected chi connectivity index (χ1v) is 3.69. The van der Waals surface area contributed by atoms with Crippen LogP contribution in [0, 0.1) is 5.41 Å². The molecular formula is C7H13NO2. The molecule has 2 saturated heterocycles. The van der Waals surface area contributed by atoms with Crippen LogP contribution in [0.5, 0.6) is 0 Å². The van der Waals surface area contributed by atoms with Crippen molar-refractivity contribution >= 4 is 0 Å². The summed E-state index contributed by atoms with van der Waals surface area (Å²) >= 11 is 0. The van der Waals surface area contributed by atoms with Crippen molar-refractivity contribution in [2.75, 3.05) is 19.8 Å². The Labute approximate surface area is 60.2 Å². The maximum atomic E-state index is 8.91. The van der Waals surface area contributed by atoms with Crippen molar-refractivity contribution in [2.24, 2.45) is 11.1 Å². The van der Waals surface area contributed by atoms with Gasteiger partial charge in [0.05, 0.1) is 18.8 Å². The van der Waals surface area contributed by atoms with E-state index in [0.29, 0.717) is 6.54 Å². The van der Waals surface area contributed by atoms with Gasteiger partial charge in [-0.05, 0) is 12.8 Å². The molecule has 3 fully saturated rings. The van der Waals surface area contributed by atoms with Gasteiger partial charge < -0.3 is 15.6 Å². The number of aliphatic hydroxyl groups is 1. The van der Waals surface area contributed by atoms with Crippen molar-refractivity contribution in [3.8, 4) is 0 Å². The lowest BCUT2D eigenvalue weighted by Gasteiger charge is -2.42. The Balaban J connectivity index is 2.06. The van der Waals surface area contributed by atoms with E-state index in [1.165, 1.54) is 0 Å². The molecule has 0 atom stereocenters. The number of rotatable bonds is 2. The van der Waals surface area contributed by atoms with Gasteiger partial charge >= 0.3 is 0 Å². The van der Waals surface area contributed by atoms with E-state index >= 15 is 0 Å². The van der Waals surface area contributed by atoms with Crippen LogP contribution < -0.4 is 5.73 Å². The minimum Gasteiger partial charge on any atom is -0.393 e. The number of nitrogens with two attached hydrogens (primary N) is 1. The average molecular weight is 143 g/mol. The van der Waals surface area contributed by atoms with E-state index in [4.69, 9.17) is 15.6 Å². The standard InChI is InChI=1S/C7H13NO2/c8-3-6-1-7(2-6,4-9)10-5-6/h9H,1-5,8H2. The zero-order chi connectivity index (χ0) is 7.24. The zero-order valence-electron chi connectivity index (χ0n) is 5.97. The summed E-state index contributed by atoms with van der Waals surface area (Å²) in [6.45, 7) is 1.62. The van der Waals surface area contributed by atoms with Crippen molar-refractivity contribution in [2.45, 2.75) is 18.4 Å². The van der Waals surface area contributed by atoms with Gasteiger partial charge in [0.1, 0.15) is 0 Å². The van der Waals surface area contributed by atoms with Gasteiger partial charge in [-0.1, -0.05) is 0 Å². The highest BCUT2D eigenvalue weighted by molar-refractivity contribution is 5.11. The lowest BCUT2D eigenvalue weighted by molar-refractivity contribution is -0.0565. The van der Waals surface area contributed by atoms with E-state index in [0.717, 1.165) is 19.4 Å². The van der Waals surface area contributed by atoms with E-state index in [9.17, 15) is 0 Å². The van der Waals surface area contributed by atoms with Gasteiger partial charge in [-0.2, -0.15) is 0 Å². The van der Waals surface area contributed by atoms with Crippen LogP contribution >= 0.6 is 0 Å². The molecule has 0 aromatic carbocycles. The Hall–Kier alpha value is -0.120. The van der Waals surface area contributed by atoms with Gasteiger partial charge in [-0.15, -0.1) is 0 Å². The first-order valence-electron chi connectivity index (χ1n) is 3.69. The van der Waals surface area contributed by atoms with Crippen LogP contribution in [0.3, 0.4) is 0 Å². The smallest absolute Gasteiger partial charge is 0.0925 e. The number of fused-ring (bicyclic) bond motifs is 1. The lowest BCUT2D eigenvalue weighted by atomic mass is 9.63. The van der Waals surface area contributed by atoms with Crippen molar-refractivity contribution in [1.29, 1.82) is 0 Å². The highest BCUT2D eigenvalue weighted by atomic mass is 16.5. The highest BCUT2D eigenvalue weighted by Crippen LogP contribution is 2.56. The van der Waals surface area contributed by atoms with Gasteiger partial charge in [-0.3, -0.25) is 0 Å². The summed E-state index contributed by atoms with van der Waals surface area (Å²) in [7, 11) is 0. The second-order valence-corrected chi connectivity index (χ2v) is 3.69. The van der Waals surface area contributed by atoms with E-state index < -0.39 is 0 Å². The maximum absolute atomic E-state index is 8.91. The van der Waals surface area contributed by atoms with Crippen molar-refractivity contribution in [1.82, 2.24) is 0 Å². The van der Waals surface area contributed by atoms with Crippen molar-refractivity contribution in [3.05, 3.63) is 0 Å². The van der Waals surface area contributed by atoms with Gasteiger partial charge in [-0.25, -0.2) is 0 Å². The van der Waals surface area contributed by atoms with Crippen molar-refractivity contribution in [3.63, 3.8) is 0 Å². The molecule has 58 valence electrons. The second-order valence-electron chi connectivity index (χ2n) is 3.69. The summed E-state index contributed by atoms with van der Waals surface area (Å²) in [4.78, 5) is 0. The predicted molar refractivity (Wildman–Crippen MR) is 36.5 cm³/mol. The van der Waals surface area contributed by atoms with Gasteiger partial charge in [0, 0.05) is 12.0 Å². The molecule has 0 unspecified atom stereocenters. The highest BCUT2D eigenvalue weighted by Gasteiger charge is 2.61. The molecule has 3 N–H and O–H groups in total. The Morgan fingerprint density at radius 3 is 2.50 bits per heavy atom. The first kappa shape index (κ1) is 6.58. The molecule has 0 radical (unpaired) electrons. The fourth-order valence-electron chi connectivity index (χ4n) is 2.19. The Morgan fingerprint density at radius 1 is 1.50 bits per heavy atom. The number of ether oxygens (including phenoxy) is 1. The molecule has 2 aliphatic heterocycles. The molecule has 0 amide bonds. The van der Waals surface area contributed by atoms with E-state index in [2.05, 4.69) is 0 Å². The molecule has 3 nitrogen and oxygen atoms in total. The molecule has 2 heterocycles. The molecule has 1 saturated carbocycles. The molecule has 3 aliphatic rings. The molecular weight excluding hydrogens is 130 g/mol. The quantitative estimate of drug-likeness (QED) is 0.547.